The Bertz CT molecular complexity index is 1320. The summed E-state index contributed by atoms with van der Waals surface area (Å²) < 4.78 is 5.77. The maximum atomic E-state index is 13.3. The molecular formula is C28H27N3O4. The Morgan fingerprint density at radius 1 is 1.09 bits per heavy atom. The van der Waals surface area contributed by atoms with Crippen LogP contribution in [0, 0.1) is 0 Å². The number of amides is 1. The summed E-state index contributed by atoms with van der Waals surface area (Å²) in [6, 6.07) is 16.0. The molecule has 1 saturated heterocycles. The molecular weight excluding hydrogens is 442 g/mol. The molecule has 2 aliphatic heterocycles. The fourth-order valence-corrected chi connectivity index (χ4v) is 4.75. The van der Waals surface area contributed by atoms with Gasteiger partial charge in [-0.3, -0.25) is 14.6 Å². The third kappa shape index (κ3) is 4.14. The normalized spacial score (nSPS) is 20.6. The molecule has 0 radical (unpaired) electrons. The number of aliphatic hydroxyl groups excluding tert-OH is 1. The van der Waals surface area contributed by atoms with Crippen LogP contribution in [-0.2, 0) is 22.6 Å². The standard InChI is InChI=1S/C28H27N3O4/c1-17-14-21-15-20(6-9-23(21)35-17)26(32)24-25(19-4-7-22(8-5-19)30(2)3)31(28(34)27(24)33)16-18-10-12-29-13-11-18/h4-13,15,17,25,32H,14,16H2,1-3H3/t17-,25-/m1/s1. The summed E-state index contributed by atoms with van der Waals surface area (Å²) in [6.45, 7) is 2.21. The van der Waals surface area contributed by atoms with Crippen molar-refractivity contribution in [2.24, 2.45) is 0 Å². The van der Waals surface area contributed by atoms with Crippen LogP contribution in [-0.4, -0.2) is 46.9 Å². The molecule has 0 spiro atoms. The number of ketones is 1. The smallest absolute Gasteiger partial charge is 0.295 e. The summed E-state index contributed by atoms with van der Waals surface area (Å²) >= 11 is 0. The number of nitrogens with zero attached hydrogens (tertiary/aromatic N) is 3. The SMILES string of the molecule is C[C@@H]1Cc2cc(C(O)=C3C(=O)C(=O)N(Cc4ccncc4)[C@@H]3c3ccc(N(C)C)cc3)ccc2O1. The molecule has 1 amide bonds. The zero-order valence-electron chi connectivity index (χ0n) is 19.9. The number of likely N-dealkylation sites (tertiary alicyclic amines) is 1. The summed E-state index contributed by atoms with van der Waals surface area (Å²) in [5.41, 5.74) is 4.16. The van der Waals surface area contributed by atoms with E-state index in [-0.39, 0.29) is 24.0 Å². The molecule has 0 saturated carbocycles. The molecule has 5 rings (SSSR count). The lowest BCUT2D eigenvalue weighted by Crippen LogP contribution is -2.29. The highest BCUT2D eigenvalue weighted by Crippen LogP contribution is 2.41. The van der Waals surface area contributed by atoms with E-state index in [2.05, 4.69) is 4.98 Å². The van der Waals surface area contributed by atoms with E-state index < -0.39 is 17.7 Å². The second-order valence-corrected chi connectivity index (χ2v) is 9.22. The Labute approximate surface area is 204 Å². The molecule has 0 aliphatic carbocycles. The molecule has 2 atom stereocenters. The minimum absolute atomic E-state index is 0.0588. The van der Waals surface area contributed by atoms with E-state index in [1.165, 1.54) is 4.90 Å². The number of anilines is 1. The number of fused-ring (bicyclic) bond motifs is 1. The van der Waals surface area contributed by atoms with Crippen LogP contribution in [0.4, 0.5) is 5.69 Å². The molecule has 2 aliphatic rings. The number of hydrogen-bond acceptors (Lipinski definition) is 6. The lowest BCUT2D eigenvalue weighted by molar-refractivity contribution is -0.140. The van der Waals surface area contributed by atoms with Crippen molar-refractivity contribution in [1.29, 1.82) is 0 Å². The molecule has 1 N–H and O–H groups in total. The van der Waals surface area contributed by atoms with Gasteiger partial charge in [-0.2, -0.15) is 0 Å². The van der Waals surface area contributed by atoms with E-state index in [1.54, 1.807) is 18.5 Å². The van der Waals surface area contributed by atoms with Gasteiger partial charge in [0.25, 0.3) is 11.7 Å². The summed E-state index contributed by atoms with van der Waals surface area (Å²) in [4.78, 5) is 34.1. The van der Waals surface area contributed by atoms with Crippen molar-refractivity contribution in [2.75, 3.05) is 19.0 Å². The van der Waals surface area contributed by atoms with Crippen molar-refractivity contribution in [3.05, 3.63) is 94.8 Å². The van der Waals surface area contributed by atoms with Crippen LogP contribution < -0.4 is 9.64 Å². The van der Waals surface area contributed by atoms with E-state index in [0.29, 0.717) is 5.56 Å². The minimum Gasteiger partial charge on any atom is -0.507 e. The molecule has 178 valence electrons. The predicted molar refractivity (Wildman–Crippen MR) is 133 cm³/mol. The number of Topliss-reactive ketones (excluding diaryl/α,β-unsaturated/α-hetero) is 1. The number of benzene rings is 2. The van der Waals surface area contributed by atoms with Gasteiger partial charge < -0.3 is 19.6 Å². The van der Waals surface area contributed by atoms with Crippen molar-refractivity contribution in [3.8, 4) is 5.75 Å². The summed E-state index contributed by atoms with van der Waals surface area (Å²) in [5, 5.41) is 11.4. The second-order valence-electron chi connectivity index (χ2n) is 9.22. The van der Waals surface area contributed by atoms with Crippen LogP contribution in [0.25, 0.3) is 5.76 Å². The van der Waals surface area contributed by atoms with Crippen LogP contribution in [0.5, 0.6) is 5.75 Å². The molecule has 1 fully saturated rings. The third-order valence-corrected chi connectivity index (χ3v) is 6.54. The Morgan fingerprint density at radius 2 is 1.80 bits per heavy atom. The first kappa shape index (κ1) is 22.7. The van der Waals surface area contributed by atoms with Gasteiger partial charge in [0.15, 0.2) is 0 Å². The third-order valence-electron chi connectivity index (χ3n) is 6.54. The fourth-order valence-electron chi connectivity index (χ4n) is 4.75. The zero-order chi connectivity index (χ0) is 24.7. The Morgan fingerprint density at radius 3 is 2.49 bits per heavy atom. The number of carbonyl (C=O) groups excluding carboxylic acids is 2. The van der Waals surface area contributed by atoms with Gasteiger partial charge >= 0.3 is 0 Å². The van der Waals surface area contributed by atoms with Crippen molar-refractivity contribution in [2.45, 2.75) is 32.0 Å². The number of aromatic nitrogens is 1. The molecule has 0 unspecified atom stereocenters. The highest BCUT2D eigenvalue weighted by atomic mass is 16.5. The Hall–Kier alpha value is -4.13. The molecule has 0 bridgehead atoms. The van der Waals surface area contributed by atoms with Gasteiger partial charge in [-0.1, -0.05) is 12.1 Å². The van der Waals surface area contributed by atoms with Gasteiger partial charge in [0.1, 0.15) is 17.6 Å². The number of hydrogen-bond donors (Lipinski definition) is 1. The van der Waals surface area contributed by atoms with Gasteiger partial charge in [-0.25, -0.2) is 0 Å². The highest BCUT2D eigenvalue weighted by Gasteiger charge is 2.46. The summed E-state index contributed by atoms with van der Waals surface area (Å²) in [7, 11) is 3.89. The largest absolute Gasteiger partial charge is 0.507 e. The molecule has 3 aromatic rings. The molecule has 35 heavy (non-hydrogen) atoms. The molecule has 7 heteroatoms. The van der Waals surface area contributed by atoms with E-state index in [1.807, 2.05) is 74.4 Å². The number of pyridine rings is 1. The predicted octanol–water partition coefficient (Wildman–Crippen LogP) is 4.09. The van der Waals surface area contributed by atoms with E-state index in [4.69, 9.17) is 4.74 Å². The quantitative estimate of drug-likeness (QED) is 0.344. The van der Waals surface area contributed by atoms with Crippen molar-refractivity contribution in [1.82, 2.24) is 9.88 Å². The van der Waals surface area contributed by atoms with E-state index in [0.717, 1.165) is 34.5 Å². The highest BCUT2D eigenvalue weighted by molar-refractivity contribution is 6.46. The number of rotatable bonds is 5. The minimum atomic E-state index is -0.720. The maximum absolute atomic E-state index is 13.3. The average Bonchev–Trinajstić information content (AvgIpc) is 3.35. The first-order chi connectivity index (χ1) is 16.8. The van der Waals surface area contributed by atoms with Crippen LogP contribution in [0.1, 0.15) is 35.2 Å². The Balaban J connectivity index is 1.62. The molecule has 3 heterocycles. The monoisotopic (exact) mass is 469 g/mol. The maximum Gasteiger partial charge on any atom is 0.295 e. The molecule has 2 aromatic carbocycles. The van der Waals surface area contributed by atoms with Crippen LogP contribution in [0.3, 0.4) is 0 Å². The number of aliphatic hydroxyl groups is 1. The van der Waals surface area contributed by atoms with Gasteiger partial charge in [-0.05, 0) is 66.1 Å². The average molecular weight is 470 g/mol. The topological polar surface area (TPSA) is 83.0 Å². The molecule has 1 aromatic heterocycles. The number of carbonyl (C=O) groups is 2. The summed E-state index contributed by atoms with van der Waals surface area (Å²) in [5.74, 6) is -0.723. The number of ether oxygens (including phenoxy) is 1. The van der Waals surface area contributed by atoms with Crippen molar-refractivity contribution in [3.63, 3.8) is 0 Å². The zero-order valence-corrected chi connectivity index (χ0v) is 19.9. The van der Waals surface area contributed by atoms with Crippen LogP contribution >= 0.6 is 0 Å². The van der Waals surface area contributed by atoms with Gasteiger partial charge in [-0.15, -0.1) is 0 Å². The second kappa shape index (κ2) is 8.91. The van der Waals surface area contributed by atoms with Gasteiger partial charge in [0.2, 0.25) is 0 Å². The Kier molecular flexibility index (Phi) is 5.76. The molecule has 7 nitrogen and oxygen atoms in total. The van der Waals surface area contributed by atoms with E-state index >= 15 is 0 Å². The van der Waals surface area contributed by atoms with Crippen molar-refractivity contribution >= 4 is 23.1 Å². The van der Waals surface area contributed by atoms with Crippen molar-refractivity contribution < 1.29 is 19.4 Å². The first-order valence-electron chi connectivity index (χ1n) is 11.6. The lowest BCUT2D eigenvalue weighted by atomic mass is 9.94. The first-order valence-corrected chi connectivity index (χ1v) is 11.6. The van der Waals surface area contributed by atoms with Crippen LogP contribution in [0.15, 0.2) is 72.6 Å². The lowest BCUT2D eigenvalue weighted by Gasteiger charge is -2.26. The van der Waals surface area contributed by atoms with Crippen LogP contribution in [0.2, 0.25) is 0 Å². The van der Waals surface area contributed by atoms with Gasteiger partial charge in [0.05, 0.1) is 11.6 Å². The van der Waals surface area contributed by atoms with Gasteiger partial charge in [0, 0.05) is 50.7 Å². The fraction of sp³-hybridized carbons (Fsp3) is 0.250. The summed E-state index contributed by atoms with van der Waals surface area (Å²) in [6.07, 6.45) is 4.09. The van der Waals surface area contributed by atoms with E-state index in [9.17, 15) is 14.7 Å².